The summed E-state index contributed by atoms with van der Waals surface area (Å²) in [6.45, 7) is 0. The van der Waals surface area contributed by atoms with Crippen LogP contribution in [0.4, 0.5) is 11.4 Å². The van der Waals surface area contributed by atoms with E-state index in [1.165, 1.54) is 0 Å². The van der Waals surface area contributed by atoms with Crippen molar-refractivity contribution in [1.82, 2.24) is 0 Å². The smallest absolute Gasteiger partial charge is 0.247 e. The predicted octanol–water partition coefficient (Wildman–Crippen LogP) is 2.62. The van der Waals surface area contributed by atoms with Gasteiger partial charge in [-0.3, -0.25) is 9.59 Å². The van der Waals surface area contributed by atoms with Crippen molar-refractivity contribution in [2.45, 2.75) is 18.9 Å². The van der Waals surface area contributed by atoms with Gasteiger partial charge in [0.25, 0.3) is 0 Å². The number of para-hydroxylation sites is 2. The number of Topliss-reactive ketones (excluding diaryl/α,β-unsaturated/α-hetero) is 1. The van der Waals surface area contributed by atoms with Gasteiger partial charge in [-0.25, -0.2) is 0 Å². The first kappa shape index (κ1) is 13.4. The average Bonchev–Trinajstić information content (AvgIpc) is 2.49. The van der Waals surface area contributed by atoms with E-state index in [1.807, 2.05) is 54.6 Å². The van der Waals surface area contributed by atoms with E-state index in [0.717, 1.165) is 16.9 Å². The Labute approximate surface area is 123 Å². The SMILES string of the molecule is O=C(Cc1ccccc1)C[C@H]1Nc2ccccc2NC1=O. The van der Waals surface area contributed by atoms with E-state index in [9.17, 15) is 9.59 Å². The molecule has 2 aromatic rings. The molecule has 0 radical (unpaired) electrons. The molecule has 4 nitrogen and oxygen atoms in total. The summed E-state index contributed by atoms with van der Waals surface area (Å²) in [6.07, 6.45) is 0.545. The van der Waals surface area contributed by atoms with Crippen LogP contribution in [0.25, 0.3) is 0 Å². The van der Waals surface area contributed by atoms with Gasteiger partial charge in [0.15, 0.2) is 0 Å². The summed E-state index contributed by atoms with van der Waals surface area (Å²) in [5.41, 5.74) is 2.59. The van der Waals surface area contributed by atoms with Crippen molar-refractivity contribution in [1.29, 1.82) is 0 Å². The Morgan fingerprint density at radius 1 is 0.952 bits per heavy atom. The topological polar surface area (TPSA) is 58.2 Å². The minimum atomic E-state index is -0.504. The van der Waals surface area contributed by atoms with Gasteiger partial charge in [0, 0.05) is 12.8 Å². The second kappa shape index (κ2) is 5.79. The Kier molecular flexibility index (Phi) is 3.69. The second-order valence-electron chi connectivity index (χ2n) is 5.14. The molecule has 1 heterocycles. The van der Waals surface area contributed by atoms with Crippen LogP contribution in [-0.2, 0) is 16.0 Å². The summed E-state index contributed by atoms with van der Waals surface area (Å²) >= 11 is 0. The Balaban J connectivity index is 1.65. The van der Waals surface area contributed by atoms with E-state index in [-0.39, 0.29) is 18.1 Å². The highest BCUT2D eigenvalue weighted by Crippen LogP contribution is 2.26. The summed E-state index contributed by atoms with van der Waals surface area (Å²) < 4.78 is 0. The van der Waals surface area contributed by atoms with Crippen molar-refractivity contribution in [3.8, 4) is 0 Å². The maximum Gasteiger partial charge on any atom is 0.247 e. The van der Waals surface area contributed by atoms with Gasteiger partial charge in [-0.15, -0.1) is 0 Å². The zero-order valence-electron chi connectivity index (χ0n) is 11.5. The first-order valence-corrected chi connectivity index (χ1v) is 6.94. The van der Waals surface area contributed by atoms with Gasteiger partial charge >= 0.3 is 0 Å². The summed E-state index contributed by atoms with van der Waals surface area (Å²) in [4.78, 5) is 24.1. The van der Waals surface area contributed by atoms with E-state index in [0.29, 0.717) is 6.42 Å². The zero-order chi connectivity index (χ0) is 14.7. The third kappa shape index (κ3) is 3.11. The normalized spacial score (nSPS) is 16.6. The second-order valence-corrected chi connectivity index (χ2v) is 5.14. The molecule has 0 unspecified atom stereocenters. The molecule has 0 saturated carbocycles. The molecule has 0 fully saturated rings. The van der Waals surface area contributed by atoms with Crippen LogP contribution in [0.3, 0.4) is 0 Å². The number of rotatable bonds is 4. The molecule has 0 bridgehead atoms. The van der Waals surface area contributed by atoms with E-state index in [2.05, 4.69) is 10.6 Å². The van der Waals surface area contributed by atoms with Crippen LogP contribution in [0.1, 0.15) is 12.0 Å². The highest BCUT2D eigenvalue weighted by molar-refractivity contribution is 6.05. The van der Waals surface area contributed by atoms with Crippen molar-refractivity contribution in [2.24, 2.45) is 0 Å². The van der Waals surface area contributed by atoms with E-state index < -0.39 is 6.04 Å². The van der Waals surface area contributed by atoms with Gasteiger partial charge < -0.3 is 10.6 Å². The van der Waals surface area contributed by atoms with E-state index in [4.69, 9.17) is 0 Å². The van der Waals surface area contributed by atoms with Crippen LogP contribution < -0.4 is 10.6 Å². The van der Waals surface area contributed by atoms with Crippen molar-refractivity contribution < 1.29 is 9.59 Å². The summed E-state index contributed by atoms with van der Waals surface area (Å²) in [5, 5.41) is 5.96. The molecule has 0 aliphatic carbocycles. The fourth-order valence-electron chi connectivity index (χ4n) is 2.46. The number of fused-ring (bicyclic) bond motifs is 1. The number of nitrogens with one attached hydrogen (secondary N) is 2. The number of carbonyl (C=O) groups is 2. The van der Waals surface area contributed by atoms with Gasteiger partial charge in [-0.1, -0.05) is 42.5 Å². The molecule has 1 amide bonds. The third-order valence-electron chi connectivity index (χ3n) is 3.51. The first-order chi connectivity index (χ1) is 10.2. The summed E-state index contributed by atoms with van der Waals surface area (Å²) in [7, 11) is 0. The molecule has 0 aromatic heterocycles. The minimum absolute atomic E-state index is 0.0493. The van der Waals surface area contributed by atoms with Crippen LogP contribution in [0.2, 0.25) is 0 Å². The zero-order valence-corrected chi connectivity index (χ0v) is 11.5. The number of amides is 1. The third-order valence-corrected chi connectivity index (χ3v) is 3.51. The number of hydrogen-bond donors (Lipinski definition) is 2. The number of carbonyl (C=O) groups excluding carboxylic acids is 2. The number of ketones is 1. The minimum Gasteiger partial charge on any atom is -0.372 e. The average molecular weight is 280 g/mol. The van der Waals surface area contributed by atoms with Crippen molar-refractivity contribution in [3.05, 3.63) is 60.2 Å². The molecular formula is C17H16N2O2. The largest absolute Gasteiger partial charge is 0.372 e. The molecule has 3 rings (SSSR count). The fourth-order valence-corrected chi connectivity index (χ4v) is 2.46. The fraction of sp³-hybridized carbons (Fsp3) is 0.176. The lowest BCUT2D eigenvalue weighted by molar-refractivity contribution is -0.123. The molecule has 21 heavy (non-hydrogen) atoms. The predicted molar refractivity (Wildman–Crippen MR) is 82.3 cm³/mol. The summed E-state index contributed by atoms with van der Waals surface area (Å²) in [6, 6.07) is 16.6. The van der Waals surface area contributed by atoms with Crippen LogP contribution in [0.5, 0.6) is 0 Å². The monoisotopic (exact) mass is 280 g/mol. The number of benzene rings is 2. The van der Waals surface area contributed by atoms with Gasteiger partial charge in [-0.05, 0) is 17.7 Å². The Bertz CT molecular complexity index is 668. The molecule has 2 aromatic carbocycles. The maximum atomic E-state index is 12.1. The molecule has 4 heteroatoms. The van der Waals surface area contributed by atoms with Gasteiger partial charge in [0.2, 0.25) is 5.91 Å². The lowest BCUT2D eigenvalue weighted by Gasteiger charge is -2.26. The quantitative estimate of drug-likeness (QED) is 0.905. The Morgan fingerprint density at radius 2 is 1.62 bits per heavy atom. The van der Waals surface area contributed by atoms with Crippen LogP contribution >= 0.6 is 0 Å². The van der Waals surface area contributed by atoms with Gasteiger partial charge in [-0.2, -0.15) is 0 Å². The molecule has 106 valence electrons. The summed E-state index contributed by atoms with van der Waals surface area (Å²) in [5.74, 6) is -0.108. The molecule has 1 atom stereocenters. The molecule has 0 spiro atoms. The lowest BCUT2D eigenvalue weighted by Crippen LogP contribution is -2.40. The molecular weight excluding hydrogens is 264 g/mol. The maximum absolute atomic E-state index is 12.1. The van der Waals surface area contributed by atoms with Gasteiger partial charge in [0.1, 0.15) is 11.8 Å². The molecule has 0 saturated heterocycles. The van der Waals surface area contributed by atoms with Crippen molar-refractivity contribution in [3.63, 3.8) is 0 Å². The van der Waals surface area contributed by atoms with Crippen LogP contribution in [0, 0.1) is 0 Å². The Morgan fingerprint density at radius 3 is 2.38 bits per heavy atom. The van der Waals surface area contributed by atoms with Crippen LogP contribution in [-0.4, -0.2) is 17.7 Å². The van der Waals surface area contributed by atoms with E-state index in [1.54, 1.807) is 0 Å². The van der Waals surface area contributed by atoms with Crippen molar-refractivity contribution in [2.75, 3.05) is 10.6 Å². The molecule has 2 N–H and O–H groups in total. The number of anilines is 2. The highest BCUT2D eigenvalue weighted by Gasteiger charge is 2.27. The standard InChI is InChI=1S/C17H16N2O2/c20-13(10-12-6-2-1-3-7-12)11-16-17(21)19-15-9-5-4-8-14(15)18-16/h1-9,16,18H,10-11H2,(H,19,21)/t16-/m1/s1. The first-order valence-electron chi connectivity index (χ1n) is 6.94. The molecule has 1 aliphatic heterocycles. The van der Waals surface area contributed by atoms with Gasteiger partial charge in [0.05, 0.1) is 11.4 Å². The van der Waals surface area contributed by atoms with E-state index >= 15 is 0 Å². The van der Waals surface area contributed by atoms with Crippen LogP contribution in [0.15, 0.2) is 54.6 Å². The molecule has 1 aliphatic rings. The highest BCUT2D eigenvalue weighted by atomic mass is 16.2. The Hall–Kier alpha value is -2.62. The lowest BCUT2D eigenvalue weighted by atomic mass is 10.0. The van der Waals surface area contributed by atoms with Crippen molar-refractivity contribution >= 4 is 23.1 Å². The number of hydrogen-bond acceptors (Lipinski definition) is 3.